The number of nitrogens with one attached hydrogen (secondary N) is 1. The summed E-state index contributed by atoms with van der Waals surface area (Å²) in [4.78, 5) is 4.16. The Balaban J connectivity index is 2.66. The second kappa shape index (κ2) is 4.92. The minimum Gasteiger partial charge on any atom is -0.393 e. The summed E-state index contributed by atoms with van der Waals surface area (Å²) in [6.07, 6.45) is 1.74. The third-order valence-electron chi connectivity index (χ3n) is 1.96. The topological polar surface area (TPSA) is 65.4 Å². The fourth-order valence-corrected chi connectivity index (χ4v) is 1.60. The molecule has 1 aromatic heterocycles. The first-order valence-electron chi connectivity index (χ1n) is 4.64. The van der Waals surface area contributed by atoms with Crippen LogP contribution in [-0.2, 0) is 0 Å². The molecule has 1 aromatic rings. The highest BCUT2D eigenvalue weighted by Crippen LogP contribution is 2.20. The molecule has 0 aliphatic rings. The van der Waals surface area contributed by atoms with E-state index in [0.717, 1.165) is 10.0 Å². The van der Waals surface area contributed by atoms with Crippen molar-refractivity contribution < 1.29 is 10.2 Å². The fourth-order valence-electron chi connectivity index (χ4n) is 0.994. The lowest BCUT2D eigenvalue weighted by Crippen LogP contribution is -2.37. The smallest absolute Gasteiger partial charge is 0.140 e. The summed E-state index contributed by atoms with van der Waals surface area (Å²) >= 11 is 3.37. The molecule has 0 saturated carbocycles. The van der Waals surface area contributed by atoms with Crippen LogP contribution in [0.1, 0.15) is 12.5 Å². The van der Waals surface area contributed by atoms with Gasteiger partial charge in [0.15, 0.2) is 0 Å². The summed E-state index contributed by atoms with van der Waals surface area (Å²) in [5.74, 6) is 0.661. The van der Waals surface area contributed by atoms with Gasteiger partial charge in [0.2, 0.25) is 0 Å². The molecular weight excluding hydrogens is 260 g/mol. The number of aliphatic hydroxyl groups excluding tert-OH is 1. The summed E-state index contributed by atoms with van der Waals surface area (Å²) in [5.41, 5.74) is -0.0761. The van der Waals surface area contributed by atoms with Crippen molar-refractivity contribution in [2.24, 2.45) is 0 Å². The van der Waals surface area contributed by atoms with Crippen LogP contribution >= 0.6 is 15.9 Å². The second-order valence-corrected chi connectivity index (χ2v) is 4.71. The number of aromatic nitrogens is 1. The van der Waals surface area contributed by atoms with Gasteiger partial charge in [0.25, 0.3) is 0 Å². The van der Waals surface area contributed by atoms with Crippen molar-refractivity contribution in [3.05, 3.63) is 22.3 Å². The molecule has 0 bridgehead atoms. The van der Waals surface area contributed by atoms with Gasteiger partial charge < -0.3 is 15.5 Å². The van der Waals surface area contributed by atoms with E-state index >= 15 is 0 Å². The average molecular weight is 275 g/mol. The molecule has 84 valence electrons. The van der Waals surface area contributed by atoms with Gasteiger partial charge in [0.05, 0.1) is 11.1 Å². The van der Waals surface area contributed by atoms with Gasteiger partial charge in [-0.2, -0.15) is 0 Å². The predicted octanol–water partition coefficient (Wildman–Crippen LogP) is 1.31. The number of hydrogen-bond donors (Lipinski definition) is 3. The Morgan fingerprint density at radius 2 is 2.27 bits per heavy atom. The van der Waals surface area contributed by atoms with Crippen LogP contribution in [0.15, 0.2) is 16.7 Å². The standard InChI is InChI=1S/C10H15BrN2O2/c1-7-3-8(11)9(12-4-7)13-5-10(2,15)6-14/h3-4,14-15H,5-6H2,1-2H3,(H,12,13). The summed E-state index contributed by atoms with van der Waals surface area (Å²) < 4.78 is 0.844. The number of hydrogen-bond acceptors (Lipinski definition) is 4. The largest absolute Gasteiger partial charge is 0.393 e. The van der Waals surface area contributed by atoms with Gasteiger partial charge in [-0.15, -0.1) is 0 Å². The third-order valence-corrected chi connectivity index (χ3v) is 2.56. The van der Waals surface area contributed by atoms with Gasteiger partial charge in [0.1, 0.15) is 11.4 Å². The Hall–Kier alpha value is -0.650. The maximum atomic E-state index is 9.57. The lowest BCUT2D eigenvalue weighted by molar-refractivity contribution is 0.0131. The fraction of sp³-hybridized carbons (Fsp3) is 0.500. The molecule has 1 rings (SSSR count). The molecule has 1 heterocycles. The van der Waals surface area contributed by atoms with Gasteiger partial charge in [-0.25, -0.2) is 4.98 Å². The van der Waals surface area contributed by atoms with Gasteiger partial charge in [-0.3, -0.25) is 0 Å². The zero-order chi connectivity index (χ0) is 11.5. The van der Waals surface area contributed by atoms with Crippen molar-refractivity contribution in [1.29, 1.82) is 0 Å². The molecule has 0 saturated heterocycles. The summed E-state index contributed by atoms with van der Waals surface area (Å²) in [6, 6.07) is 1.93. The van der Waals surface area contributed by atoms with Crippen LogP contribution in [0.3, 0.4) is 0 Å². The quantitative estimate of drug-likeness (QED) is 0.775. The van der Waals surface area contributed by atoms with E-state index in [4.69, 9.17) is 5.11 Å². The van der Waals surface area contributed by atoms with Gasteiger partial charge in [-0.05, 0) is 41.4 Å². The lowest BCUT2D eigenvalue weighted by atomic mass is 10.1. The van der Waals surface area contributed by atoms with Gasteiger partial charge in [-0.1, -0.05) is 0 Å². The molecule has 0 fully saturated rings. The van der Waals surface area contributed by atoms with Crippen LogP contribution < -0.4 is 5.32 Å². The van der Waals surface area contributed by atoms with E-state index in [1.54, 1.807) is 13.1 Å². The van der Waals surface area contributed by atoms with Crippen molar-refractivity contribution in [1.82, 2.24) is 4.98 Å². The lowest BCUT2D eigenvalue weighted by Gasteiger charge is -2.21. The van der Waals surface area contributed by atoms with E-state index in [9.17, 15) is 5.11 Å². The first-order valence-corrected chi connectivity index (χ1v) is 5.43. The van der Waals surface area contributed by atoms with E-state index in [2.05, 4.69) is 26.2 Å². The molecule has 5 heteroatoms. The van der Waals surface area contributed by atoms with Crippen LogP contribution in [0.5, 0.6) is 0 Å². The molecule has 4 nitrogen and oxygen atoms in total. The van der Waals surface area contributed by atoms with E-state index < -0.39 is 5.60 Å². The van der Waals surface area contributed by atoms with E-state index in [-0.39, 0.29) is 13.2 Å². The Morgan fingerprint density at radius 3 is 2.80 bits per heavy atom. The number of anilines is 1. The van der Waals surface area contributed by atoms with Crippen LogP contribution in [0.4, 0.5) is 5.82 Å². The van der Waals surface area contributed by atoms with Crippen molar-refractivity contribution in [3.63, 3.8) is 0 Å². The van der Waals surface area contributed by atoms with Crippen LogP contribution in [-0.4, -0.2) is 33.9 Å². The van der Waals surface area contributed by atoms with E-state index in [1.165, 1.54) is 0 Å². The summed E-state index contributed by atoms with van der Waals surface area (Å²) in [6.45, 7) is 3.47. The maximum absolute atomic E-state index is 9.57. The van der Waals surface area contributed by atoms with Crippen LogP contribution in [0.2, 0.25) is 0 Å². The number of halogens is 1. The highest BCUT2D eigenvalue weighted by Gasteiger charge is 2.18. The molecule has 0 aliphatic heterocycles. The zero-order valence-electron chi connectivity index (χ0n) is 8.79. The van der Waals surface area contributed by atoms with Crippen molar-refractivity contribution >= 4 is 21.7 Å². The Morgan fingerprint density at radius 1 is 1.60 bits per heavy atom. The normalized spacial score (nSPS) is 14.7. The number of aliphatic hydroxyl groups is 2. The van der Waals surface area contributed by atoms with Gasteiger partial charge >= 0.3 is 0 Å². The molecule has 0 radical (unpaired) electrons. The summed E-state index contributed by atoms with van der Waals surface area (Å²) in [5, 5.41) is 21.4. The monoisotopic (exact) mass is 274 g/mol. The highest BCUT2D eigenvalue weighted by molar-refractivity contribution is 9.10. The van der Waals surface area contributed by atoms with E-state index in [1.807, 2.05) is 13.0 Å². The molecule has 1 atom stereocenters. The van der Waals surface area contributed by atoms with Crippen molar-refractivity contribution in [2.75, 3.05) is 18.5 Å². The number of nitrogens with zero attached hydrogens (tertiary/aromatic N) is 1. The Kier molecular flexibility index (Phi) is 4.07. The molecule has 0 aromatic carbocycles. The number of pyridine rings is 1. The molecule has 0 aliphatic carbocycles. The summed E-state index contributed by atoms with van der Waals surface area (Å²) in [7, 11) is 0. The Bertz CT molecular complexity index is 342. The zero-order valence-corrected chi connectivity index (χ0v) is 10.4. The molecule has 0 spiro atoms. The second-order valence-electron chi connectivity index (χ2n) is 3.85. The van der Waals surface area contributed by atoms with Crippen molar-refractivity contribution in [3.8, 4) is 0 Å². The molecule has 15 heavy (non-hydrogen) atoms. The van der Waals surface area contributed by atoms with E-state index in [0.29, 0.717) is 5.82 Å². The predicted molar refractivity (Wildman–Crippen MR) is 62.9 cm³/mol. The minimum atomic E-state index is -1.13. The first kappa shape index (κ1) is 12.4. The SMILES string of the molecule is Cc1cnc(NCC(C)(O)CO)c(Br)c1. The number of rotatable bonds is 4. The van der Waals surface area contributed by atoms with Crippen LogP contribution in [0.25, 0.3) is 0 Å². The Labute approximate surface area is 97.5 Å². The van der Waals surface area contributed by atoms with Crippen LogP contribution in [0, 0.1) is 6.92 Å². The van der Waals surface area contributed by atoms with Gasteiger partial charge in [0, 0.05) is 12.7 Å². The highest BCUT2D eigenvalue weighted by atomic mass is 79.9. The average Bonchev–Trinajstić information content (AvgIpc) is 2.16. The van der Waals surface area contributed by atoms with Crippen molar-refractivity contribution in [2.45, 2.75) is 19.4 Å². The molecule has 1 unspecified atom stereocenters. The first-order chi connectivity index (χ1) is 6.94. The maximum Gasteiger partial charge on any atom is 0.140 e. The molecule has 3 N–H and O–H groups in total. The molecule has 0 amide bonds. The number of aryl methyl sites for hydroxylation is 1. The molecular formula is C10H15BrN2O2. The third kappa shape index (κ3) is 3.77. The minimum absolute atomic E-state index is 0.248.